The Morgan fingerprint density at radius 2 is 1.56 bits per heavy atom. The van der Waals surface area contributed by atoms with Crippen LogP contribution in [0.2, 0.25) is 0 Å². The summed E-state index contributed by atoms with van der Waals surface area (Å²) >= 11 is 0. The molecule has 0 radical (unpaired) electrons. The number of anilines is 1. The highest BCUT2D eigenvalue weighted by Gasteiger charge is 2.18. The number of amides is 2. The van der Waals surface area contributed by atoms with Crippen LogP contribution in [0.25, 0.3) is 0 Å². The van der Waals surface area contributed by atoms with Crippen LogP contribution in [0.3, 0.4) is 0 Å². The molecule has 2 aromatic rings. The number of nitriles is 1. The van der Waals surface area contributed by atoms with Crippen LogP contribution in [0.5, 0.6) is 0 Å². The number of carbonyl (C=O) groups excluding carboxylic acids is 2. The molecular formula is C19H17N3O3. The summed E-state index contributed by atoms with van der Waals surface area (Å²) < 4.78 is 5.24. The van der Waals surface area contributed by atoms with Gasteiger partial charge in [0.1, 0.15) is 0 Å². The Balaban J connectivity index is 1.65. The molecule has 0 saturated carbocycles. The monoisotopic (exact) mass is 335 g/mol. The fourth-order valence-corrected chi connectivity index (χ4v) is 2.54. The minimum Gasteiger partial charge on any atom is -0.378 e. The number of nitrogens with one attached hydrogen (secondary N) is 1. The molecule has 2 aromatic carbocycles. The average Bonchev–Trinajstić information content (AvgIpc) is 2.69. The van der Waals surface area contributed by atoms with E-state index < -0.39 is 0 Å². The number of carbonyl (C=O) groups is 2. The third-order valence-electron chi connectivity index (χ3n) is 3.96. The molecule has 1 aliphatic rings. The van der Waals surface area contributed by atoms with Crippen molar-refractivity contribution in [2.45, 2.75) is 0 Å². The molecular weight excluding hydrogens is 318 g/mol. The van der Waals surface area contributed by atoms with Crippen molar-refractivity contribution in [3.63, 3.8) is 0 Å². The Labute approximate surface area is 145 Å². The molecule has 126 valence electrons. The van der Waals surface area contributed by atoms with E-state index in [2.05, 4.69) is 5.32 Å². The first-order valence-corrected chi connectivity index (χ1v) is 7.96. The van der Waals surface area contributed by atoms with E-state index in [1.807, 2.05) is 6.07 Å². The van der Waals surface area contributed by atoms with E-state index in [4.69, 9.17) is 10.00 Å². The summed E-state index contributed by atoms with van der Waals surface area (Å²) in [5.74, 6) is -0.322. The number of nitrogens with zero attached hydrogens (tertiary/aromatic N) is 2. The maximum Gasteiger partial charge on any atom is 0.255 e. The van der Waals surface area contributed by atoms with Gasteiger partial charge < -0.3 is 15.0 Å². The van der Waals surface area contributed by atoms with Crippen molar-refractivity contribution in [3.05, 3.63) is 65.2 Å². The van der Waals surface area contributed by atoms with Crippen molar-refractivity contribution in [2.24, 2.45) is 0 Å². The lowest BCUT2D eigenvalue weighted by Gasteiger charge is -2.26. The van der Waals surface area contributed by atoms with Crippen molar-refractivity contribution in [1.29, 1.82) is 5.26 Å². The third-order valence-corrected chi connectivity index (χ3v) is 3.96. The predicted molar refractivity (Wildman–Crippen MR) is 92.3 cm³/mol. The summed E-state index contributed by atoms with van der Waals surface area (Å²) in [6.45, 7) is 2.27. The van der Waals surface area contributed by atoms with E-state index in [-0.39, 0.29) is 11.8 Å². The topological polar surface area (TPSA) is 82.4 Å². The first-order valence-electron chi connectivity index (χ1n) is 7.96. The lowest BCUT2D eigenvalue weighted by molar-refractivity contribution is 0.0303. The zero-order valence-corrected chi connectivity index (χ0v) is 13.6. The second-order valence-electron chi connectivity index (χ2n) is 5.63. The van der Waals surface area contributed by atoms with Crippen LogP contribution in [0.4, 0.5) is 5.69 Å². The van der Waals surface area contributed by atoms with Crippen LogP contribution in [0.15, 0.2) is 48.5 Å². The quantitative estimate of drug-likeness (QED) is 0.933. The van der Waals surface area contributed by atoms with E-state index in [0.717, 1.165) is 0 Å². The Morgan fingerprint density at radius 3 is 2.16 bits per heavy atom. The van der Waals surface area contributed by atoms with Crippen molar-refractivity contribution in [2.75, 3.05) is 31.6 Å². The van der Waals surface area contributed by atoms with Gasteiger partial charge in [0.05, 0.1) is 24.8 Å². The normalized spacial score (nSPS) is 13.8. The number of benzene rings is 2. The second kappa shape index (κ2) is 7.60. The maximum absolute atomic E-state index is 12.4. The smallest absolute Gasteiger partial charge is 0.255 e. The highest BCUT2D eigenvalue weighted by molar-refractivity contribution is 6.05. The summed E-state index contributed by atoms with van der Waals surface area (Å²) in [4.78, 5) is 26.4. The van der Waals surface area contributed by atoms with Crippen LogP contribution in [-0.4, -0.2) is 43.0 Å². The van der Waals surface area contributed by atoms with Gasteiger partial charge in [0.2, 0.25) is 0 Å². The number of hydrogen-bond donors (Lipinski definition) is 1. The van der Waals surface area contributed by atoms with Gasteiger partial charge in [-0.15, -0.1) is 0 Å². The molecule has 6 heteroatoms. The van der Waals surface area contributed by atoms with Crippen LogP contribution in [-0.2, 0) is 4.74 Å². The van der Waals surface area contributed by atoms with Crippen LogP contribution in [0, 0.1) is 11.3 Å². The molecule has 2 amide bonds. The van der Waals surface area contributed by atoms with Crippen molar-refractivity contribution in [1.82, 2.24) is 4.90 Å². The Bertz CT molecular complexity index is 801. The molecule has 3 rings (SSSR count). The third kappa shape index (κ3) is 4.03. The predicted octanol–water partition coefficient (Wildman–Crippen LogP) is 2.28. The molecule has 0 atom stereocenters. The number of morpholine rings is 1. The first-order chi connectivity index (χ1) is 12.2. The van der Waals surface area contributed by atoms with Gasteiger partial charge in [-0.1, -0.05) is 0 Å². The number of hydrogen-bond acceptors (Lipinski definition) is 4. The van der Waals surface area contributed by atoms with Gasteiger partial charge in [0, 0.05) is 29.9 Å². The van der Waals surface area contributed by atoms with Crippen LogP contribution in [0.1, 0.15) is 26.3 Å². The van der Waals surface area contributed by atoms with Gasteiger partial charge in [-0.2, -0.15) is 5.26 Å². The molecule has 0 spiro atoms. The van der Waals surface area contributed by atoms with Gasteiger partial charge in [0.25, 0.3) is 11.8 Å². The van der Waals surface area contributed by atoms with E-state index in [1.54, 1.807) is 53.4 Å². The molecule has 1 heterocycles. The molecule has 1 fully saturated rings. The largest absolute Gasteiger partial charge is 0.378 e. The Kier molecular flexibility index (Phi) is 5.07. The fraction of sp³-hybridized carbons (Fsp3) is 0.211. The SMILES string of the molecule is N#Cc1ccc(NC(=O)c2ccc(C(=O)N3CCOCC3)cc2)cc1. The number of rotatable bonds is 3. The molecule has 25 heavy (non-hydrogen) atoms. The van der Waals surface area contributed by atoms with Crippen molar-refractivity contribution >= 4 is 17.5 Å². The lowest BCUT2D eigenvalue weighted by Crippen LogP contribution is -2.40. The minimum atomic E-state index is -0.268. The highest BCUT2D eigenvalue weighted by atomic mass is 16.5. The molecule has 0 aliphatic carbocycles. The molecule has 1 aliphatic heterocycles. The Hall–Kier alpha value is -3.17. The second-order valence-corrected chi connectivity index (χ2v) is 5.63. The summed E-state index contributed by atoms with van der Waals surface area (Å²) in [7, 11) is 0. The van der Waals surface area contributed by atoms with Gasteiger partial charge in [-0.25, -0.2) is 0 Å². The minimum absolute atomic E-state index is 0.0534. The summed E-state index contributed by atoms with van der Waals surface area (Å²) in [6, 6.07) is 15.2. The van der Waals surface area contributed by atoms with Gasteiger partial charge in [0.15, 0.2) is 0 Å². The molecule has 0 bridgehead atoms. The molecule has 0 aromatic heterocycles. The summed E-state index contributed by atoms with van der Waals surface area (Å²) in [6.07, 6.45) is 0. The zero-order chi connectivity index (χ0) is 17.6. The van der Waals surface area contributed by atoms with Crippen LogP contribution < -0.4 is 5.32 Å². The summed E-state index contributed by atoms with van der Waals surface area (Å²) in [5, 5.41) is 11.5. The first kappa shape index (κ1) is 16.7. The van der Waals surface area contributed by atoms with E-state index in [0.29, 0.717) is 48.7 Å². The fourth-order valence-electron chi connectivity index (χ4n) is 2.54. The molecule has 6 nitrogen and oxygen atoms in total. The maximum atomic E-state index is 12.4. The Morgan fingerprint density at radius 1 is 0.960 bits per heavy atom. The van der Waals surface area contributed by atoms with Gasteiger partial charge in [-0.3, -0.25) is 9.59 Å². The van der Waals surface area contributed by atoms with E-state index in [1.165, 1.54) is 0 Å². The molecule has 0 unspecified atom stereocenters. The van der Waals surface area contributed by atoms with E-state index in [9.17, 15) is 9.59 Å². The van der Waals surface area contributed by atoms with Gasteiger partial charge in [-0.05, 0) is 48.5 Å². The lowest BCUT2D eigenvalue weighted by atomic mass is 10.1. The highest BCUT2D eigenvalue weighted by Crippen LogP contribution is 2.13. The average molecular weight is 335 g/mol. The zero-order valence-electron chi connectivity index (χ0n) is 13.6. The molecule has 1 N–H and O–H groups in total. The summed E-state index contributed by atoms with van der Waals surface area (Å²) in [5.41, 5.74) is 2.15. The van der Waals surface area contributed by atoms with E-state index >= 15 is 0 Å². The van der Waals surface area contributed by atoms with Crippen molar-refractivity contribution < 1.29 is 14.3 Å². The van der Waals surface area contributed by atoms with Crippen molar-refractivity contribution in [3.8, 4) is 6.07 Å². The standard InChI is InChI=1S/C19H17N3O3/c20-13-14-1-7-17(8-2-14)21-18(23)15-3-5-16(6-4-15)19(24)22-9-11-25-12-10-22/h1-8H,9-12H2,(H,21,23). The van der Waals surface area contributed by atoms with Gasteiger partial charge >= 0.3 is 0 Å². The van der Waals surface area contributed by atoms with Crippen LogP contribution >= 0.6 is 0 Å². The molecule has 1 saturated heterocycles. The number of ether oxygens (including phenoxy) is 1.